The molecule has 0 bridgehead atoms. The summed E-state index contributed by atoms with van der Waals surface area (Å²) in [5.74, 6) is 0.641. The molecule has 86 valence electrons. The van der Waals surface area contributed by atoms with Gasteiger partial charge in [0.1, 0.15) is 6.04 Å². The van der Waals surface area contributed by atoms with Crippen molar-refractivity contribution in [1.29, 1.82) is 0 Å². The van der Waals surface area contributed by atoms with Gasteiger partial charge in [0.05, 0.1) is 19.8 Å². The fourth-order valence-electron chi connectivity index (χ4n) is 1.93. The third-order valence-electron chi connectivity index (χ3n) is 3.20. The molecule has 4 nitrogen and oxygen atoms in total. The molecular weight excluding hydrogens is 194 g/mol. The first-order chi connectivity index (χ1) is 7.36. The number of esters is 1. The molecule has 15 heavy (non-hydrogen) atoms. The molecule has 0 aromatic heterocycles. The summed E-state index contributed by atoms with van der Waals surface area (Å²) >= 11 is 0. The highest BCUT2D eigenvalue weighted by atomic mass is 16.5. The van der Waals surface area contributed by atoms with Crippen molar-refractivity contribution >= 4 is 5.97 Å². The molecule has 1 N–H and O–H groups in total. The van der Waals surface area contributed by atoms with Gasteiger partial charge in [0.25, 0.3) is 0 Å². The maximum Gasteiger partial charge on any atom is 0.325 e. The van der Waals surface area contributed by atoms with E-state index in [1.54, 1.807) is 0 Å². The predicted molar refractivity (Wildman–Crippen MR) is 55.5 cm³/mol. The van der Waals surface area contributed by atoms with E-state index in [1.165, 1.54) is 19.3 Å². The maximum atomic E-state index is 11.5. The Balaban J connectivity index is 1.58. The zero-order chi connectivity index (χ0) is 10.5. The summed E-state index contributed by atoms with van der Waals surface area (Å²) in [7, 11) is 0. The van der Waals surface area contributed by atoms with E-state index in [0.717, 1.165) is 18.9 Å². The van der Waals surface area contributed by atoms with Crippen molar-refractivity contribution in [3.8, 4) is 0 Å². The number of morpholine rings is 1. The molecule has 1 saturated heterocycles. The Morgan fingerprint density at radius 2 is 2.33 bits per heavy atom. The number of hydrogen-bond donors (Lipinski definition) is 1. The number of nitrogens with one attached hydrogen (secondary N) is 1. The van der Waals surface area contributed by atoms with Crippen molar-refractivity contribution in [1.82, 2.24) is 5.32 Å². The minimum absolute atomic E-state index is 0.158. The summed E-state index contributed by atoms with van der Waals surface area (Å²) in [5.41, 5.74) is 0. The lowest BCUT2D eigenvalue weighted by Gasteiger charge is -2.26. The molecule has 2 rings (SSSR count). The molecule has 1 unspecified atom stereocenters. The largest absolute Gasteiger partial charge is 0.464 e. The first-order valence-corrected chi connectivity index (χ1v) is 5.84. The summed E-state index contributed by atoms with van der Waals surface area (Å²) in [6, 6.07) is -0.250. The molecular formula is C11H19NO3. The molecule has 0 amide bonds. The van der Waals surface area contributed by atoms with Crippen LogP contribution in [0.4, 0.5) is 0 Å². The van der Waals surface area contributed by atoms with E-state index in [-0.39, 0.29) is 12.0 Å². The number of carbonyl (C=O) groups excluding carboxylic acids is 1. The van der Waals surface area contributed by atoms with Gasteiger partial charge in [-0.25, -0.2) is 0 Å². The second-order valence-electron chi connectivity index (χ2n) is 4.33. The number of rotatable bonds is 4. The third-order valence-corrected chi connectivity index (χ3v) is 3.20. The van der Waals surface area contributed by atoms with Gasteiger partial charge in [-0.1, -0.05) is 19.3 Å². The molecule has 1 saturated carbocycles. The summed E-state index contributed by atoms with van der Waals surface area (Å²) in [6.45, 7) is 2.44. The second-order valence-corrected chi connectivity index (χ2v) is 4.33. The van der Waals surface area contributed by atoms with E-state index in [2.05, 4.69) is 5.32 Å². The van der Waals surface area contributed by atoms with E-state index >= 15 is 0 Å². The Kier molecular flexibility index (Phi) is 3.97. The van der Waals surface area contributed by atoms with Gasteiger partial charge in [-0.3, -0.25) is 4.79 Å². The van der Waals surface area contributed by atoms with Crippen LogP contribution >= 0.6 is 0 Å². The molecule has 2 fully saturated rings. The van der Waals surface area contributed by atoms with Crippen LogP contribution in [0.1, 0.15) is 25.7 Å². The monoisotopic (exact) mass is 213 g/mol. The molecule has 4 heteroatoms. The average molecular weight is 213 g/mol. The Hall–Kier alpha value is -0.610. The van der Waals surface area contributed by atoms with Crippen LogP contribution in [-0.4, -0.2) is 38.4 Å². The molecule has 1 aliphatic heterocycles. The highest BCUT2D eigenvalue weighted by Crippen LogP contribution is 2.29. The van der Waals surface area contributed by atoms with Gasteiger partial charge >= 0.3 is 5.97 Å². The lowest BCUT2D eigenvalue weighted by Crippen LogP contribution is -2.47. The molecule has 0 spiro atoms. The Labute approximate surface area is 90.3 Å². The van der Waals surface area contributed by atoms with Gasteiger partial charge in [-0.15, -0.1) is 0 Å². The van der Waals surface area contributed by atoms with Gasteiger partial charge in [0.15, 0.2) is 0 Å². The van der Waals surface area contributed by atoms with Crippen molar-refractivity contribution in [2.75, 3.05) is 26.4 Å². The second kappa shape index (κ2) is 5.47. The lowest BCUT2D eigenvalue weighted by molar-refractivity contribution is -0.149. The SMILES string of the molecule is O=C(OCCC1CCC1)C1COCCN1. The van der Waals surface area contributed by atoms with Gasteiger partial charge in [0, 0.05) is 6.54 Å². The van der Waals surface area contributed by atoms with Crippen LogP contribution in [0.15, 0.2) is 0 Å². The van der Waals surface area contributed by atoms with Crippen LogP contribution < -0.4 is 5.32 Å². The van der Waals surface area contributed by atoms with Crippen molar-refractivity contribution in [3.05, 3.63) is 0 Å². The van der Waals surface area contributed by atoms with Crippen LogP contribution in [0.2, 0.25) is 0 Å². The van der Waals surface area contributed by atoms with Gasteiger partial charge in [-0.2, -0.15) is 0 Å². The van der Waals surface area contributed by atoms with Crippen LogP contribution in [0, 0.1) is 5.92 Å². The number of hydrogen-bond acceptors (Lipinski definition) is 4. The molecule has 1 aliphatic carbocycles. The average Bonchev–Trinajstić information content (AvgIpc) is 2.23. The van der Waals surface area contributed by atoms with Crippen LogP contribution in [0.25, 0.3) is 0 Å². The van der Waals surface area contributed by atoms with Crippen LogP contribution in [0.3, 0.4) is 0 Å². The summed E-state index contributed by atoms with van der Waals surface area (Å²) in [6.07, 6.45) is 4.99. The lowest BCUT2D eigenvalue weighted by atomic mass is 9.83. The smallest absolute Gasteiger partial charge is 0.325 e. The summed E-state index contributed by atoms with van der Waals surface area (Å²) in [5, 5.41) is 3.09. The van der Waals surface area contributed by atoms with E-state index < -0.39 is 0 Å². The van der Waals surface area contributed by atoms with Crippen molar-refractivity contribution in [2.45, 2.75) is 31.7 Å². The molecule has 0 radical (unpaired) electrons. The van der Waals surface area contributed by atoms with E-state index in [4.69, 9.17) is 9.47 Å². The Bertz CT molecular complexity index is 210. The molecule has 2 aliphatic rings. The van der Waals surface area contributed by atoms with Gasteiger partial charge < -0.3 is 14.8 Å². The fraction of sp³-hybridized carbons (Fsp3) is 0.909. The first-order valence-electron chi connectivity index (χ1n) is 5.84. The van der Waals surface area contributed by atoms with E-state index in [9.17, 15) is 4.79 Å². The quantitative estimate of drug-likeness (QED) is 0.699. The van der Waals surface area contributed by atoms with Crippen molar-refractivity contribution < 1.29 is 14.3 Å². The number of ether oxygens (including phenoxy) is 2. The van der Waals surface area contributed by atoms with Crippen LogP contribution in [0.5, 0.6) is 0 Å². The predicted octanol–water partition coefficient (Wildman–Crippen LogP) is 0.708. The number of carbonyl (C=O) groups is 1. The third kappa shape index (κ3) is 3.18. The maximum absolute atomic E-state index is 11.5. The first kappa shape index (κ1) is 10.9. The summed E-state index contributed by atoms with van der Waals surface area (Å²) < 4.78 is 10.4. The standard InChI is InChI=1S/C11H19NO3/c13-11(10-8-14-7-5-12-10)15-6-4-9-2-1-3-9/h9-10,12H,1-8H2. The van der Waals surface area contributed by atoms with Gasteiger partial charge in [0.2, 0.25) is 0 Å². The van der Waals surface area contributed by atoms with Crippen molar-refractivity contribution in [2.24, 2.45) is 5.92 Å². The zero-order valence-electron chi connectivity index (χ0n) is 9.04. The molecule has 1 atom stereocenters. The van der Waals surface area contributed by atoms with E-state index in [1.807, 2.05) is 0 Å². The zero-order valence-corrected chi connectivity index (χ0v) is 9.04. The van der Waals surface area contributed by atoms with Crippen LogP contribution in [-0.2, 0) is 14.3 Å². The molecule has 1 heterocycles. The normalized spacial score (nSPS) is 27.1. The summed E-state index contributed by atoms with van der Waals surface area (Å²) in [4.78, 5) is 11.5. The topological polar surface area (TPSA) is 47.6 Å². The minimum atomic E-state index is -0.250. The Morgan fingerprint density at radius 1 is 1.47 bits per heavy atom. The highest BCUT2D eigenvalue weighted by Gasteiger charge is 2.23. The van der Waals surface area contributed by atoms with E-state index in [0.29, 0.717) is 19.8 Å². The highest BCUT2D eigenvalue weighted by molar-refractivity contribution is 5.76. The van der Waals surface area contributed by atoms with Crippen molar-refractivity contribution in [3.63, 3.8) is 0 Å². The Morgan fingerprint density at radius 3 is 2.93 bits per heavy atom. The molecule has 0 aromatic rings. The molecule has 0 aromatic carbocycles. The van der Waals surface area contributed by atoms with Gasteiger partial charge in [-0.05, 0) is 12.3 Å². The minimum Gasteiger partial charge on any atom is -0.464 e. The fourth-order valence-corrected chi connectivity index (χ4v) is 1.93.